The number of nitrogens with zero attached hydrogens (tertiary/aromatic N) is 2. The van der Waals surface area contributed by atoms with Gasteiger partial charge in [0.05, 0.1) is 23.1 Å². The number of carbonyl (C=O) groups excluding carboxylic acids is 2. The van der Waals surface area contributed by atoms with Crippen LogP contribution in [0.5, 0.6) is 5.75 Å². The molecular weight excluding hydrogens is 496 g/mol. The third-order valence-corrected chi connectivity index (χ3v) is 8.18. The number of Topliss-reactive ketones (excluding diaryl/α,β-unsaturated/α-hetero) is 1. The van der Waals surface area contributed by atoms with Crippen LogP contribution >= 0.6 is 0 Å². The molecule has 0 aliphatic carbocycles. The number of benzene rings is 2. The first-order chi connectivity index (χ1) is 17.7. The number of hydrogen-bond donors (Lipinski definition) is 1. The van der Waals surface area contributed by atoms with Gasteiger partial charge in [-0.3, -0.25) is 9.59 Å². The number of ketones is 1. The van der Waals surface area contributed by atoms with Gasteiger partial charge in [0.1, 0.15) is 18.1 Å². The van der Waals surface area contributed by atoms with Crippen LogP contribution in [0.2, 0.25) is 0 Å². The van der Waals surface area contributed by atoms with Gasteiger partial charge in [0.2, 0.25) is 10.0 Å². The summed E-state index contributed by atoms with van der Waals surface area (Å²) in [7, 11) is -2.20. The van der Waals surface area contributed by atoms with Crippen molar-refractivity contribution < 1.29 is 32.6 Å². The Morgan fingerprint density at radius 1 is 1.08 bits per heavy atom. The number of hydrogen-bond acceptors (Lipinski definition) is 7. The number of sulfonamides is 1. The molecule has 10 heteroatoms. The van der Waals surface area contributed by atoms with Crippen molar-refractivity contribution in [1.29, 1.82) is 0 Å². The Hall–Kier alpha value is -3.47. The summed E-state index contributed by atoms with van der Waals surface area (Å²) >= 11 is 0. The van der Waals surface area contributed by atoms with E-state index in [4.69, 9.17) is 9.47 Å². The normalized spacial score (nSPS) is 17.4. The molecule has 0 spiro atoms. The fourth-order valence-electron chi connectivity index (χ4n) is 4.20. The number of aliphatic hydroxyl groups is 1. The molecule has 1 fully saturated rings. The van der Waals surface area contributed by atoms with Gasteiger partial charge in [-0.15, -0.1) is 0 Å². The van der Waals surface area contributed by atoms with Crippen LogP contribution in [0.15, 0.2) is 71.7 Å². The van der Waals surface area contributed by atoms with Gasteiger partial charge in [-0.2, -0.15) is 4.31 Å². The Balaban J connectivity index is 2.06. The van der Waals surface area contributed by atoms with Crippen molar-refractivity contribution in [2.24, 2.45) is 0 Å². The van der Waals surface area contributed by atoms with Crippen LogP contribution in [0.25, 0.3) is 5.76 Å². The number of amides is 1. The predicted molar refractivity (Wildman–Crippen MR) is 140 cm³/mol. The molecular formula is C27H32N2O7S. The lowest BCUT2D eigenvalue weighted by Gasteiger charge is -2.25. The van der Waals surface area contributed by atoms with E-state index in [-0.39, 0.29) is 34.9 Å². The first-order valence-corrected chi connectivity index (χ1v) is 13.4. The molecule has 2 aromatic rings. The molecule has 1 N–H and O–H groups in total. The fourth-order valence-corrected chi connectivity index (χ4v) is 5.66. The summed E-state index contributed by atoms with van der Waals surface area (Å²) in [4.78, 5) is 27.4. The summed E-state index contributed by atoms with van der Waals surface area (Å²) in [6, 6.07) is 11.6. The Labute approximate surface area is 217 Å². The molecule has 0 bridgehead atoms. The number of carbonyl (C=O) groups is 2. The highest BCUT2D eigenvalue weighted by atomic mass is 32.2. The highest BCUT2D eigenvalue weighted by molar-refractivity contribution is 7.89. The van der Waals surface area contributed by atoms with Crippen LogP contribution in [0.1, 0.15) is 31.0 Å². The van der Waals surface area contributed by atoms with Crippen molar-refractivity contribution in [3.8, 4) is 5.75 Å². The molecule has 1 heterocycles. The predicted octanol–water partition coefficient (Wildman–Crippen LogP) is 3.35. The van der Waals surface area contributed by atoms with E-state index in [1.165, 1.54) is 40.6 Å². The summed E-state index contributed by atoms with van der Waals surface area (Å²) in [5.74, 6) is -1.38. The van der Waals surface area contributed by atoms with Gasteiger partial charge in [-0.05, 0) is 42.0 Å². The minimum atomic E-state index is -3.69. The second-order valence-corrected chi connectivity index (χ2v) is 10.2. The van der Waals surface area contributed by atoms with Crippen molar-refractivity contribution in [1.82, 2.24) is 9.21 Å². The fraction of sp³-hybridized carbons (Fsp3) is 0.333. The lowest BCUT2D eigenvalue weighted by molar-refractivity contribution is -0.140. The SMILES string of the molecule is C=CCOc1ccc(C2C(=C(O)c3ccc(S(=O)(=O)N(CC)CC)cc3)C(=O)C(=O)N2CCOC)cc1. The van der Waals surface area contributed by atoms with Crippen molar-refractivity contribution in [2.75, 3.05) is 40.0 Å². The monoisotopic (exact) mass is 528 g/mol. The van der Waals surface area contributed by atoms with E-state index in [0.29, 0.717) is 31.0 Å². The molecule has 1 aliphatic heterocycles. The molecule has 1 saturated heterocycles. The molecule has 198 valence electrons. The van der Waals surface area contributed by atoms with E-state index >= 15 is 0 Å². The van der Waals surface area contributed by atoms with Crippen LogP contribution in [0, 0.1) is 0 Å². The van der Waals surface area contributed by atoms with Crippen LogP contribution in [-0.2, 0) is 24.3 Å². The zero-order valence-electron chi connectivity index (χ0n) is 21.2. The summed E-state index contributed by atoms with van der Waals surface area (Å²) in [5.41, 5.74) is 0.739. The van der Waals surface area contributed by atoms with Gasteiger partial charge in [-0.25, -0.2) is 8.42 Å². The number of likely N-dealkylation sites (tertiary alicyclic amines) is 1. The minimum Gasteiger partial charge on any atom is -0.507 e. The van der Waals surface area contributed by atoms with Crippen LogP contribution in [0.3, 0.4) is 0 Å². The molecule has 9 nitrogen and oxygen atoms in total. The van der Waals surface area contributed by atoms with Gasteiger partial charge >= 0.3 is 0 Å². The zero-order valence-corrected chi connectivity index (χ0v) is 22.0. The minimum absolute atomic E-state index is 0.0694. The Kier molecular flexibility index (Phi) is 9.25. The quantitative estimate of drug-likeness (QED) is 0.195. The molecule has 2 aromatic carbocycles. The van der Waals surface area contributed by atoms with E-state index < -0.39 is 27.8 Å². The molecule has 1 unspecified atom stereocenters. The van der Waals surface area contributed by atoms with Gasteiger partial charge in [-0.1, -0.05) is 38.6 Å². The Morgan fingerprint density at radius 3 is 2.24 bits per heavy atom. The summed E-state index contributed by atoms with van der Waals surface area (Å²) in [5, 5.41) is 11.2. The zero-order chi connectivity index (χ0) is 27.2. The second-order valence-electron chi connectivity index (χ2n) is 8.27. The second kappa shape index (κ2) is 12.2. The first kappa shape index (κ1) is 28.1. The largest absolute Gasteiger partial charge is 0.507 e. The van der Waals surface area contributed by atoms with Gasteiger partial charge in [0.25, 0.3) is 11.7 Å². The topological polar surface area (TPSA) is 113 Å². The van der Waals surface area contributed by atoms with E-state index in [1.54, 1.807) is 44.2 Å². The molecule has 3 rings (SSSR count). The number of ether oxygens (including phenoxy) is 2. The lowest BCUT2D eigenvalue weighted by Crippen LogP contribution is -2.32. The third-order valence-electron chi connectivity index (χ3n) is 6.11. The maximum atomic E-state index is 13.1. The molecule has 1 aliphatic rings. The first-order valence-electron chi connectivity index (χ1n) is 11.9. The van der Waals surface area contributed by atoms with Crippen molar-refractivity contribution >= 4 is 27.5 Å². The summed E-state index contributed by atoms with van der Waals surface area (Å²) in [6.45, 7) is 8.42. The van der Waals surface area contributed by atoms with Crippen molar-refractivity contribution in [2.45, 2.75) is 24.8 Å². The average Bonchev–Trinajstić information content (AvgIpc) is 3.16. The van der Waals surface area contributed by atoms with Crippen LogP contribution in [0.4, 0.5) is 0 Å². The van der Waals surface area contributed by atoms with Gasteiger partial charge in [0, 0.05) is 32.3 Å². The maximum absolute atomic E-state index is 13.1. The van der Waals surface area contributed by atoms with Gasteiger partial charge < -0.3 is 19.5 Å². The molecule has 37 heavy (non-hydrogen) atoms. The molecule has 0 radical (unpaired) electrons. The summed E-state index contributed by atoms with van der Waals surface area (Å²) < 4.78 is 37.6. The summed E-state index contributed by atoms with van der Waals surface area (Å²) in [6.07, 6.45) is 1.62. The number of rotatable bonds is 12. The van der Waals surface area contributed by atoms with E-state index in [9.17, 15) is 23.1 Å². The van der Waals surface area contributed by atoms with Crippen LogP contribution < -0.4 is 4.74 Å². The van der Waals surface area contributed by atoms with E-state index in [2.05, 4.69) is 6.58 Å². The van der Waals surface area contributed by atoms with Crippen molar-refractivity contribution in [3.05, 3.63) is 77.9 Å². The lowest BCUT2D eigenvalue weighted by atomic mass is 9.95. The molecule has 0 aromatic heterocycles. The van der Waals surface area contributed by atoms with Crippen LogP contribution in [-0.4, -0.2) is 74.4 Å². The van der Waals surface area contributed by atoms with Crippen molar-refractivity contribution in [3.63, 3.8) is 0 Å². The smallest absolute Gasteiger partial charge is 0.295 e. The Morgan fingerprint density at radius 2 is 1.70 bits per heavy atom. The molecule has 0 saturated carbocycles. The maximum Gasteiger partial charge on any atom is 0.295 e. The van der Waals surface area contributed by atoms with E-state index in [0.717, 1.165) is 0 Å². The average molecular weight is 529 g/mol. The highest BCUT2D eigenvalue weighted by Gasteiger charge is 2.45. The number of aliphatic hydroxyl groups excluding tert-OH is 1. The Bertz CT molecular complexity index is 1260. The molecule has 1 amide bonds. The standard InChI is InChI=1S/C27H32N2O7S/c1-5-17-36-21-12-8-19(9-13-21)24-23(26(31)27(32)29(24)16-18-35-4)25(30)20-10-14-22(15-11-20)37(33,34)28(6-2)7-3/h5,8-15,24,30H,1,6-7,16-18H2,2-4H3. The van der Waals surface area contributed by atoms with E-state index in [1.807, 2.05) is 0 Å². The third kappa shape index (κ3) is 5.76. The number of methoxy groups -OCH3 is 1. The highest BCUT2D eigenvalue weighted by Crippen LogP contribution is 2.39. The molecule has 1 atom stereocenters. The van der Waals surface area contributed by atoms with Gasteiger partial charge in [0.15, 0.2) is 0 Å².